The van der Waals surface area contributed by atoms with Crippen molar-refractivity contribution in [1.29, 1.82) is 0 Å². The maximum Gasteiger partial charge on any atom is 0.167 e. The van der Waals surface area contributed by atoms with Gasteiger partial charge in [0.15, 0.2) is 17.5 Å². The van der Waals surface area contributed by atoms with Crippen molar-refractivity contribution in [3.8, 4) is 51.0 Å². The van der Waals surface area contributed by atoms with Crippen LogP contribution in [0, 0.1) is 0 Å². The smallest absolute Gasteiger partial charge is 0.167 e. The minimum absolute atomic E-state index is 0.569. The van der Waals surface area contributed by atoms with Gasteiger partial charge in [-0.3, -0.25) is 0 Å². The van der Waals surface area contributed by atoms with Gasteiger partial charge in [0.25, 0.3) is 0 Å². The average molecular weight is 641 g/mol. The molecule has 0 atom stereocenters. The van der Waals surface area contributed by atoms with E-state index in [0.717, 1.165) is 55.4 Å². The highest BCUT2D eigenvalue weighted by molar-refractivity contribution is 6.15. The third kappa shape index (κ3) is 4.52. The number of rotatable bonds is 5. The van der Waals surface area contributed by atoms with Gasteiger partial charge in [-0.15, -0.1) is 0 Å². The summed E-state index contributed by atoms with van der Waals surface area (Å²) in [6.07, 6.45) is 0. The Bertz CT molecular complexity index is 2800. The van der Waals surface area contributed by atoms with E-state index in [9.17, 15) is 0 Å². The number of nitrogens with zero attached hydrogens (tertiary/aromatic N) is 4. The molecule has 0 saturated carbocycles. The molecule has 5 heteroatoms. The topological polar surface area (TPSA) is 56.7 Å². The summed E-state index contributed by atoms with van der Waals surface area (Å²) >= 11 is 0. The molecule has 0 fully saturated rings. The van der Waals surface area contributed by atoms with E-state index in [-0.39, 0.29) is 0 Å². The van der Waals surface area contributed by atoms with Gasteiger partial charge in [-0.25, -0.2) is 15.0 Å². The fraction of sp³-hybridized carbons (Fsp3) is 0. The Morgan fingerprint density at radius 3 is 1.70 bits per heavy atom. The minimum atomic E-state index is 0.569. The zero-order chi connectivity index (χ0) is 33.0. The molecule has 3 heterocycles. The van der Waals surface area contributed by atoms with Crippen molar-refractivity contribution in [3.63, 3.8) is 0 Å². The number of furan rings is 1. The van der Waals surface area contributed by atoms with Crippen molar-refractivity contribution in [1.82, 2.24) is 19.5 Å². The molecular weight excluding hydrogens is 613 g/mol. The number of fused-ring (bicyclic) bond motifs is 6. The Hall–Kier alpha value is -6.85. The first-order valence-electron chi connectivity index (χ1n) is 16.7. The molecule has 0 spiro atoms. The SMILES string of the molecule is c1ccc(-c2nc(-c3ccccc3)nc(-c3cccc4c3oc3ccc(-c5cccc6c7ccccc7n(-c7ccccc7)c56)cc34)n2)cc1. The molecule has 0 saturated heterocycles. The van der Waals surface area contributed by atoms with E-state index in [2.05, 4.69) is 108 Å². The lowest BCUT2D eigenvalue weighted by Crippen LogP contribution is -2.00. The number of para-hydroxylation sites is 4. The first kappa shape index (κ1) is 28.2. The maximum absolute atomic E-state index is 6.64. The van der Waals surface area contributed by atoms with E-state index in [1.165, 1.54) is 21.8 Å². The molecule has 10 rings (SSSR count). The van der Waals surface area contributed by atoms with E-state index in [1.807, 2.05) is 66.7 Å². The summed E-state index contributed by atoms with van der Waals surface area (Å²) in [7, 11) is 0. The second kappa shape index (κ2) is 11.4. The molecule has 7 aromatic carbocycles. The quantitative estimate of drug-likeness (QED) is 0.188. The van der Waals surface area contributed by atoms with Crippen molar-refractivity contribution in [2.75, 3.05) is 0 Å². The van der Waals surface area contributed by atoms with Crippen molar-refractivity contribution < 1.29 is 4.42 Å². The second-order valence-corrected chi connectivity index (χ2v) is 12.4. The molecule has 0 N–H and O–H groups in total. The van der Waals surface area contributed by atoms with Crippen LogP contribution in [-0.4, -0.2) is 19.5 Å². The lowest BCUT2D eigenvalue weighted by atomic mass is 9.99. The van der Waals surface area contributed by atoms with E-state index in [1.54, 1.807) is 0 Å². The summed E-state index contributed by atoms with van der Waals surface area (Å²) in [6, 6.07) is 58.6. The molecule has 0 radical (unpaired) electrons. The van der Waals surface area contributed by atoms with E-state index >= 15 is 0 Å². The van der Waals surface area contributed by atoms with Gasteiger partial charge in [-0.2, -0.15) is 0 Å². The van der Waals surface area contributed by atoms with E-state index in [4.69, 9.17) is 19.4 Å². The zero-order valence-electron chi connectivity index (χ0n) is 26.9. The molecule has 0 unspecified atom stereocenters. The molecule has 10 aromatic rings. The molecule has 0 aliphatic carbocycles. The summed E-state index contributed by atoms with van der Waals surface area (Å²) < 4.78 is 9.02. The van der Waals surface area contributed by atoms with Crippen LogP contribution in [0.5, 0.6) is 0 Å². The van der Waals surface area contributed by atoms with Gasteiger partial charge in [-0.1, -0.05) is 133 Å². The van der Waals surface area contributed by atoms with Crippen LogP contribution in [0.15, 0.2) is 174 Å². The van der Waals surface area contributed by atoms with Crippen LogP contribution in [0.25, 0.3) is 94.7 Å². The molecule has 0 bridgehead atoms. The highest BCUT2D eigenvalue weighted by atomic mass is 16.3. The first-order chi connectivity index (χ1) is 24.8. The first-order valence-corrected chi connectivity index (χ1v) is 16.7. The number of aromatic nitrogens is 4. The third-order valence-electron chi connectivity index (χ3n) is 9.46. The molecule has 3 aromatic heterocycles. The van der Waals surface area contributed by atoms with Crippen molar-refractivity contribution >= 4 is 43.7 Å². The molecule has 0 amide bonds. The number of hydrogen-bond donors (Lipinski definition) is 0. The number of hydrogen-bond acceptors (Lipinski definition) is 4. The predicted molar refractivity (Wildman–Crippen MR) is 203 cm³/mol. The Morgan fingerprint density at radius 1 is 0.400 bits per heavy atom. The largest absolute Gasteiger partial charge is 0.455 e. The maximum atomic E-state index is 6.64. The number of benzene rings is 7. The van der Waals surface area contributed by atoms with E-state index in [0.29, 0.717) is 17.5 Å². The lowest BCUT2D eigenvalue weighted by molar-refractivity contribution is 0.669. The molecule has 0 aliphatic heterocycles. The molecule has 50 heavy (non-hydrogen) atoms. The van der Waals surface area contributed by atoms with Gasteiger partial charge in [-0.05, 0) is 42.0 Å². The molecule has 5 nitrogen and oxygen atoms in total. The van der Waals surface area contributed by atoms with Crippen LogP contribution >= 0.6 is 0 Å². The molecule has 234 valence electrons. The standard InChI is InChI=1S/C45H28N4O/c1-4-14-29(15-5-1)43-46-44(30-16-6-2-7-17-30)48-45(47-43)37-24-13-23-36-38-28-31(26-27-40(38)50-42(36)37)33-21-12-22-35-34-20-10-11-25-39(34)49(41(33)35)32-18-8-3-9-19-32/h1-28H. The highest BCUT2D eigenvalue weighted by Crippen LogP contribution is 2.41. The summed E-state index contributed by atoms with van der Waals surface area (Å²) in [5.74, 6) is 1.80. The minimum Gasteiger partial charge on any atom is -0.455 e. The average Bonchev–Trinajstić information content (AvgIpc) is 3.74. The summed E-state index contributed by atoms with van der Waals surface area (Å²) in [4.78, 5) is 14.9. The summed E-state index contributed by atoms with van der Waals surface area (Å²) in [6.45, 7) is 0. The fourth-order valence-electron chi connectivity index (χ4n) is 7.17. The Morgan fingerprint density at radius 2 is 0.980 bits per heavy atom. The third-order valence-corrected chi connectivity index (χ3v) is 9.46. The van der Waals surface area contributed by atoms with Crippen LogP contribution in [-0.2, 0) is 0 Å². The Kier molecular flexibility index (Phi) is 6.42. The van der Waals surface area contributed by atoms with Crippen LogP contribution < -0.4 is 0 Å². The van der Waals surface area contributed by atoms with E-state index < -0.39 is 0 Å². The van der Waals surface area contributed by atoms with Crippen LogP contribution in [0.4, 0.5) is 0 Å². The molecular formula is C45H28N4O. The van der Waals surface area contributed by atoms with Crippen molar-refractivity contribution in [2.45, 2.75) is 0 Å². The van der Waals surface area contributed by atoms with Gasteiger partial charge >= 0.3 is 0 Å². The van der Waals surface area contributed by atoms with Gasteiger partial charge in [0.05, 0.1) is 16.6 Å². The van der Waals surface area contributed by atoms with Crippen LogP contribution in [0.3, 0.4) is 0 Å². The normalized spacial score (nSPS) is 11.6. The monoisotopic (exact) mass is 640 g/mol. The lowest BCUT2D eigenvalue weighted by Gasteiger charge is -2.11. The zero-order valence-corrected chi connectivity index (χ0v) is 26.9. The summed E-state index contributed by atoms with van der Waals surface area (Å²) in [5, 5.41) is 4.51. The Labute approximate surface area is 287 Å². The van der Waals surface area contributed by atoms with Gasteiger partial charge in [0.2, 0.25) is 0 Å². The van der Waals surface area contributed by atoms with Gasteiger partial charge < -0.3 is 8.98 Å². The van der Waals surface area contributed by atoms with Crippen molar-refractivity contribution in [3.05, 3.63) is 170 Å². The van der Waals surface area contributed by atoms with Crippen LogP contribution in [0.1, 0.15) is 0 Å². The molecule has 0 aliphatic rings. The fourth-order valence-corrected chi connectivity index (χ4v) is 7.17. The summed E-state index contributed by atoms with van der Waals surface area (Å²) in [5.41, 5.74) is 10.0. The predicted octanol–water partition coefficient (Wildman–Crippen LogP) is 11.5. The van der Waals surface area contributed by atoms with Crippen molar-refractivity contribution in [2.24, 2.45) is 0 Å². The highest BCUT2D eigenvalue weighted by Gasteiger charge is 2.20. The second-order valence-electron chi connectivity index (χ2n) is 12.4. The Balaban J connectivity index is 1.18. The van der Waals surface area contributed by atoms with Gasteiger partial charge in [0.1, 0.15) is 11.2 Å². The van der Waals surface area contributed by atoms with Crippen LogP contribution in [0.2, 0.25) is 0 Å². The van der Waals surface area contributed by atoms with Gasteiger partial charge in [0, 0.05) is 43.9 Å².